The number of rotatable bonds is 12. The van der Waals surface area contributed by atoms with Crippen LogP contribution in [0.2, 0.25) is 0 Å². The van der Waals surface area contributed by atoms with Gasteiger partial charge in [-0.25, -0.2) is 18.4 Å². The molecule has 0 saturated carbocycles. The molecule has 1 unspecified atom stereocenters. The number of nitrogens with one attached hydrogen (secondary N) is 1. The molecule has 0 heterocycles. The van der Waals surface area contributed by atoms with Crippen LogP contribution in [-0.2, 0) is 16.4 Å². The summed E-state index contributed by atoms with van der Waals surface area (Å²) >= 11 is 0. The van der Waals surface area contributed by atoms with E-state index >= 15 is 0 Å². The fourth-order valence-corrected chi connectivity index (χ4v) is 4.21. The van der Waals surface area contributed by atoms with Crippen molar-refractivity contribution in [2.24, 2.45) is 5.14 Å². The fourth-order valence-electron chi connectivity index (χ4n) is 3.46. The molecule has 206 valence electrons. The molecule has 11 heteroatoms. The lowest BCUT2D eigenvalue weighted by Crippen LogP contribution is -2.32. The summed E-state index contributed by atoms with van der Waals surface area (Å²) < 4.78 is 39.9. The average molecular weight is 547 g/mol. The molecule has 0 aromatic heterocycles. The van der Waals surface area contributed by atoms with E-state index in [-0.39, 0.29) is 28.0 Å². The SMILES string of the molecule is CCOc1ccccc1OCCNC(C)Cc1ccc(OC)c(S(N)(=O)=O)c1.O=C(O)c1ccccc1O. The van der Waals surface area contributed by atoms with E-state index in [1.807, 2.05) is 44.2 Å². The molecule has 0 bridgehead atoms. The number of carbonyl (C=O) groups is 1. The number of phenols is 1. The molecule has 0 radical (unpaired) electrons. The molecule has 10 nitrogen and oxygen atoms in total. The second-order valence-electron chi connectivity index (χ2n) is 8.14. The highest BCUT2D eigenvalue weighted by Crippen LogP contribution is 2.26. The van der Waals surface area contributed by atoms with Gasteiger partial charge in [-0.3, -0.25) is 0 Å². The van der Waals surface area contributed by atoms with E-state index in [2.05, 4.69) is 5.32 Å². The van der Waals surface area contributed by atoms with Crippen molar-refractivity contribution >= 4 is 16.0 Å². The molecular formula is C27H34N2O8S. The average Bonchev–Trinajstić information content (AvgIpc) is 2.87. The van der Waals surface area contributed by atoms with Crippen LogP contribution in [-0.4, -0.2) is 57.5 Å². The van der Waals surface area contributed by atoms with Gasteiger partial charge in [0, 0.05) is 12.6 Å². The van der Waals surface area contributed by atoms with Gasteiger partial charge in [0.2, 0.25) is 10.0 Å². The zero-order valence-electron chi connectivity index (χ0n) is 21.6. The Balaban J connectivity index is 0.000000423. The smallest absolute Gasteiger partial charge is 0.339 e. The van der Waals surface area contributed by atoms with Crippen molar-refractivity contribution < 1.29 is 37.6 Å². The van der Waals surface area contributed by atoms with Gasteiger partial charge in [-0.2, -0.15) is 0 Å². The molecule has 0 spiro atoms. The number of nitrogens with two attached hydrogens (primary N) is 1. The topological polar surface area (TPSA) is 157 Å². The van der Waals surface area contributed by atoms with E-state index in [9.17, 15) is 13.2 Å². The lowest BCUT2D eigenvalue weighted by Gasteiger charge is -2.16. The summed E-state index contributed by atoms with van der Waals surface area (Å²) in [6, 6.07) is 18.5. The Labute approximate surface area is 223 Å². The summed E-state index contributed by atoms with van der Waals surface area (Å²) in [5.41, 5.74) is 0.787. The van der Waals surface area contributed by atoms with Gasteiger partial charge >= 0.3 is 5.97 Å². The minimum Gasteiger partial charge on any atom is -0.507 e. The number of para-hydroxylation sites is 3. The van der Waals surface area contributed by atoms with Crippen LogP contribution in [0.5, 0.6) is 23.0 Å². The lowest BCUT2D eigenvalue weighted by atomic mass is 10.1. The monoisotopic (exact) mass is 546 g/mol. The maximum Gasteiger partial charge on any atom is 0.339 e. The number of sulfonamides is 1. The van der Waals surface area contributed by atoms with Gasteiger partial charge in [0.05, 0.1) is 13.7 Å². The summed E-state index contributed by atoms with van der Waals surface area (Å²) in [6.07, 6.45) is 0.641. The third kappa shape index (κ3) is 9.58. The first-order valence-electron chi connectivity index (χ1n) is 11.9. The Morgan fingerprint density at radius 3 is 2.18 bits per heavy atom. The first kappa shape index (κ1) is 30.4. The van der Waals surface area contributed by atoms with Crippen LogP contribution in [0.4, 0.5) is 0 Å². The Morgan fingerprint density at radius 1 is 1.00 bits per heavy atom. The zero-order valence-corrected chi connectivity index (χ0v) is 22.4. The van der Waals surface area contributed by atoms with E-state index < -0.39 is 16.0 Å². The molecule has 1 atom stereocenters. The highest BCUT2D eigenvalue weighted by Gasteiger charge is 2.16. The maximum atomic E-state index is 11.7. The second kappa shape index (κ2) is 14.8. The van der Waals surface area contributed by atoms with Crippen LogP contribution < -0.4 is 24.7 Å². The highest BCUT2D eigenvalue weighted by atomic mass is 32.2. The second-order valence-corrected chi connectivity index (χ2v) is 9.67. The first-order chi connectivity index (χ1) is 18.1. The minimum absolute atomic E-state index is 0.00411. The van der Waals surface area contributed by atoms with Gasteiger partial charge in [0.15, 0.2) is 11.5 Å². The van der Waals surface area contributed by atoms with Gasteiger partial charge in [-0.1, -0.05) is 30.3 Å². The summed E-state index contributed by atoms with van der Waals surface area (Å²) in [4.78, 5) is 10.3. The van der Waals surface area contributed by atoms with Crippen LogP contribution in [0, 0.1) is 0 Å². The number of aromatic hydroxyl groups is 1. The van der Waals surface area contributed by atoms with Gasteiger partial charge in [-0.15, -0.1) is 0 Å². The maximum absolute atomic E-state index is 11.7. The number of aromatic carboxylic acids is 1. The summed E-state index contributed by atoms with van der Waals surface area (Å²) in [6.45, 7) is 5.66. The standard InChI is InChI=1S/C20H28N2O5S.C7H6O3/c1-4-26-17-7-5-6-8-18(17)27-12-11-22-15(2)13-16-9-10-19(25-3)20(14-16)28(21,23)24;8-6-4-2-1-3-5(6)7(9)10/h5-10,14-15,22H,4,11-13H2,1-3H3,(H2,21,23,24);1-4,8H,(H,9,10). The number of primary sulfonamides is 1. The molecule has 38 heavy (non-hydrogen) atoms. The van der Waals surface area contributed by atoms with Crippen LogP contribution in [0.3, 0.4) is 0 Å². The Bertz CT molecular complexity index is 1300. The predicted octanol–water partition coefficient (Wildman–Crippen LogP) is 3.43. The molecule has 3 rings (SSSR count). The van der Waals surface area contributed by atoms with E-state index in [1.54, 1.807) is 24.3 Å². The van der Waals surface area contributed by atoms with Crippen LogP contribution in [0.15, 0.2) is 71.6 Å². The van der Waals surface area contributed by atoms with Crippen molar-refractivity contribution in [2.45, 2.75) is 31.2 Å². The third-order valence-electron chi connectivity index (χ3n) is 5.21. The molecule has 0 aliphatic carbocycles. The van der Waals surface area contributed by atoms with Crippen LogP contribution in [0.25, 0.3) is 0 Å². The number of carboxylic acid groups (broad SMARTS) is 1. The predicted molar refractivity (Wildman–Crippen MR) is 144 cm³/mol. The molecule has 0 aliphatic rings. The van der Waals surface area contributed by atoms with Crippen molar-refractivity contribution in [3.05, 3.63) is 77.9 Å². The number of benzene rings is 3. The van der Waals surface area contributed by atoms with Crippen molar-refractivity contribution in [3.63, 3.8) is 0 Å². The first-order valence-corrected chi connectivity index (χ1v) is 13.4. The van der Waals surface area contributed by atoms with Crippen molar-refractivity contribution in [2.75, 3.05) is 26.9 Å². The molecule has 0 fully saturated rings. The number of ether oxygens (including phenoxy) is 3. The molecule has 0 aliphatic heterocycles. The Morgan fingerprint density at radius 2 is 1.63 bits per heavy atom. The Hall–Kier alpha value is -3.80. The van der Waals surface area contributed by atoms with Gasteiger partial charge < -0.3 is 29.7 Å². The molecule has 0 amide bonds. The van der Waals surface area contributed by atoms with Gasteiger partial charge in [0.1, 0.15) is 28.6 Å². The quantitative estimate of drug-likeness (QED) is 0.250. The normalized spacial score (nSPS) is 11.6. The zero-order chi connectivity index (χ0) is 28.1. The Kier molecular flexibility index (Phi) is 11.9. The molecule has 3 aromatic rings. The van der Waals surface area contributed by atoms with Crippen molar-refractivity contribution in [1.82, 2.24) is 5.32 Å². The van der Waals surface area contributed by atoms with E-state index in [0.29, 0.717) is 31.9 Å². The number of hydrogen-bond acceptors (Lipinski definition) is 8. The number of hydrogen-bond donors (Lipinski definition) is 4. The summed E-state index contributed by atoms with van der Waals surface area (Å²) in [7, 11) is -2.43. The summed E-state index contributed by atoms with van der Waals surface area (Å²) in [5.74, 6) is 0.375. The number of carboxylic acids is 1. The van der Waals surface area contributed by atoms with E-state index in [0.717, 1.165) is 11.3 Å². The van der Waals surface area contributed by atoms with E-state index in [4.69, 9.17) is 29.6 Å². The van der Waals surface area contributed by atoms with Crippen molar-refractivity contribution in [1.29, 1.82) is 0 Å². The third-order valence-corrected chi connectivity index (χ3v) is 6.14. The number of methoxy groups -OCH3 is 1. The van der Waals surface area contributed by atoms with Crippen LogP contribution >= 0.6 is 0 Å². The molecule has 0 saturated heterocycles. The van der Waals surface area contributed by atoms with E-state index in [1.165, 1.54) is 19.2 Å². The highest BCUT2D eigenvalue weighted by molar-refractivity contribution is 7.89. The molecular weight excluding hydrogens is 512 g/mol. The van der Waals surface area contributed by atoms with Crippen LogP contribution in [0.1, 0.15) is 29.8 Å². The molecule has 5 N–H and O–H groups in total. The fraction of sp³-hybridized carbons (Fsp3) is 0.296. The largest absolute Gasteiger partial charge is 0.507 e. The lowest BCUT2D eigenvalue weighted by molar-refractivity contribution is 0.0693. The van der Waals surface area contributed by atoms with Crippen molar-refractivity contribution in [3.8, 4) is 23.0 Å². The summed E-state index contributed by atoms with van der Waals surface area (Å²) in [5, 5.41) is 25.9. The minimum atomic E-state index is -3.84. The molecule has 3 aromatic carbocycles. The van der Waals surface area contributed by atoms with Gasteiger partial charge in [0.25, 0.3) is 0 Å². The van der Waals surface area contributed by atoms with Gasteiger partial charge in [-0.05, 0) is 62.2 Å².